The number of aromatic nitrogens is 1. The number of hydrogen-bond acceptors (Lipinski definition) is 6. The van der Waals surface area contributed by atoms with E-state index in [0.29, 0.717) is 37.3 Å². The first-order valence-electron chi connectivity index (χ1n) is 9.62. The van der Waals surface area contributed by atoms with E-state index in [9.17, 15) is 23.3 Å². The molecule has 31 heavy (non-hydrogen) atoms. The lowest BCUT2D eigenvalue weighted by molar-refractivity contribution is -0.384. The van der Waals surface area contributed by atoms with Crippen LogP contribution in [0.4, 0.5) is 30.2 Å². The molecule has 0 unspecified atom stereocenters. The Hall–Kier alpha value is -3.40. The molecular weight excluding hydrogens is 413 g/mol. The zero-order valence-corrected chi connectivity index (χ0v) is 16.4. The zero-order valence-electron chi connectivity index (χ0n) is 16.4. The summed E-state index contributed by atoms with van der Waals surface area (Å²) in [4.78, 5) is 16.8. The molecule has 162 valence electrons. The van der Waals surface area contributed by atoms with E-state index in [2.05, 4.69) is 15.2 Å². The first kappa shape index (κ1) is 20.9. The Labute approximate surface area is 175 Å². The standard InChI is InChI=1S/C21H19F3N4O3/c22-21(23,24)15-9-19(25-12-14-2-1-3-16(8-14)28(29)30)18-11-17(13-26-20(18)10-15)27-4-6-31-7-5-27/h1-3,8-11,13,25H,4-7,12H2. The van der Waals surface area contributed by atoms with Crippen LogP contribution >= 0.6 is 0 Å². The van der Waals surface area contributed by atoms with Gasteiger partial charge in [0.1, 0.15) is 0 Å². The molecule has 0 saturated carbocycles. The molecule has 1 aliphatic heterocycles. The summed E-state index contributed by atoms with van der Waals surface area (Å²) < 4.78 is 45.6. The molecule has 0 amide bonds. The first-order valence-corrected chi connectivity index (χ1v) is 9.62. The number of nitro benzene ring substituents is 1. The molecule has 1 saturated heterocycles. The predicted molar refractivity (Wildman–Crippen MR) is 110 cm³/mol. The molecule has 2 heterocycles. The third-order valence-electron chi connectivity index (χ3n) is 5.09. The molecule has 0 atom stereocenters. The van der Waals surface area contributed by atoms with Crippen molar-refractivity contribution in [2.45, 2.75) is 12.7 Å². The summed E-state index contributed by atoms with van der Waals surface area (Å²) in [6.45, 7) is 2.61. The number of nitro groups is 1. The van der Waals surface area contributed by atoms with Crippen molar-refractivity contribution in [3.63, 3.8) is 0 Å². The number of morpholine rings is 1. The molecule has 1 fully saturated rings. The summed E-state index contributed by atoms with van der Waals surface area (Å²) in [6.07, 6.45) is -2.96. The lowest BCUT2D eigenvalue weighted by atomic mass is 10.1. The molecule has 1 N–H and O–H groups in total. The SMILES string of the molecule is O=[N+]([O-])c1cccc(CNc2cc(C(F)(F)F)cc3ncc(N4CCOCC4)cc23)c1. The van der Waals surface area contributed by atoms with Gasteiger partial charge in [0.05, 0.1) is 41.1 Å². The van der Waals surface area contributed by atoms with Gasteiger partial charge in [-0.2, -0.15) is 13.2 Å². The van der Waals surface area contributed by atoms with Crippen LogP contribution in [0.1, 0.15) is 11.1 Å². The average Bonchev–Trinajstić information content (AvgIpc) is 2.77. The minimum Gasteiger partial charge on any atom is -0.380 e. The number of halogens is 3. The molecule has 4 rings (SSSR count). The fourth-order valence-electron chi connectivity index (χ4n) is 3.50. The van der Waals surface area contributed by atoms with Crippen molar-refractivity contribution in [3.05, 3.63) is 69.9 Å². The summed E-state index contributed by atoms with van der Waals surface area (Å²) in [5.41, 5.74) is 0.968. The van der Waals surface area contributed by atoms with Crippen LogP contribution in [0, 0.1) is 10.1 Å². The van der Waals surface area contributed by atoms with E-state index in [1.807, 2.05) is 6.07 Å². The highest BCUT2D eigenvalue weighted by atomic mass is 19.4. The Morgan fingerprint density at radius 2 is 1.94 bits per heavy atom. The van der Waals surface area contributed by atoms with Gasteiger partial charge in [-0.25, -0.2) is 0 Å². The summed E-state index contributed by atoms with van der Waals surface area (Å²) >= 11 is 0. The van der Waals surface area contributed by atoms with E-state index in [-0.39, 0.29) is 23.4 Å². The maximum atomic E-state index is 13.4. The van der Waals surface area contributed by atoms with Gasteiger partial charge in [0, 0.05) is 42.8 Å². The molecule has 1 aromatic heterocycles. The zero-order chi connectivity index (χ0) is 22.0. The van der Waals surface area contributed by atoms with Gasteiger partial charge in [-0.05, 0) is 23.8 Å². The second kappa shape index (κ2) is 8.38. The molecule has 0 aliphatic carbocycles. The molecule has 2 aromatic carbocycles. The smallest absolute Gasteiger partial charge is 0.380 e. The van der Waals surface area contributed by atoms with Crippen LogP contribution in [-0.2, 0) is 17.5 Å². The second-order valence-electron chi connectivity index (χ2n) is 7.16. The van der Waals surface area contributed by atoms with Crippen molar-refractivity contribution in [1.82, 2.24) is 4.98 Å². The predicted octanol–water partition coefficient (Wildman–Crippen LogP) is 4.61. The number of anilines is 2. The van der Waals surface area contributed by atoms with Gasteiger partial charge in [0.15, 0.2) is 0 Å². The third kappa shape index (κ3) is 4.69. The molecule has 10 heteroatoms. The van der Waals surface area contributed by atoms with Crippen LogP contribution in [0.3, 0.4) is 0 Å². The Morgan fingerprint density at radius 1 is 1.16 bits per heavy atom. The topological polar surface area (TPSA) is 80.5 Å². The number of non-ortho nitro benzene ring substituents is 1. The Balaban J connectivity index is 1.71. The third-order valence-corrected chi connectivity index (χ3v) is 5.09. The largest absolute Gasteiger partial charge is 0.416 e. The van der Waals surface area contributed by atoms with Gasteiger partial charge in [-0.1, -0.05) is 12.1 Å². The van der Waals surface area contributed by atoms with Crippen molar-refractivity contribution in [1.29, 1.82) is 0 Å². The number of benzene rings is 2. The molecule has 7 nitrogen and oxygen atoms in total. The normalized spacial score (nSPS) is 14.6. The van der Waals surface area contributed by atoms with E-state index in [0.717, 1.165) is 17.8 Å². The highest BCUT2D eigenvalue weighted by Gasteiger charge is 2.31. The lowest BCUT2D eigenvalue weighted by Crippen LogP contribution is -2.36. The second-order valence-corrected chi connectivity index (χ2v) is 7.16. The van der Waals surface area contributed by atoms with Gasteiger partial charge >= 0.3 is 6.18 Å². The van der Waals surface area contributed by atoms with E-state index in [1.165, 1.54) is 18.2 Å². The van der Waals surface area contributed by atoms with Crippen molar-refractivity contribution in [3.8, 4) is 0 Å². The van der Waals surface area contributed by atoms with Crippen LogP contribution in [0.15, 0.2) is 48.7 Å². The minimum absolute atomic E-state index is 0.0792. The van der Waals surface area contributed by atoms with Crippen molar-refractivity contribution < 1.29 is 22.8 Å². The number of nitrogens with one attached hydrogen (secondary N) is 1. The highest BCUT2D eigenvalue weighted by molar-refractivity contribution is 5.94. The van der Waals surface area contributed by atoms with Gasteiger partial charge in [-0.3, -0.25) is 15.1 Å². The maximum absolute atomic E-state index is 13.4. The quantitative estimate of drug-likeness (QED) is 0.469. The van der Waals surface area contributed by atoms with E-state index >= 15 is 0 Å². The number of nitrogens with zero attached hydrogens (tertiary/aromatic N) is 3. The number of pyridine rings is 1. The van der Waals surface area contributed by atoms with Gasteiger partial charge in [-0.15, -0.1) is 0 Å². The molecule has 0 bridgehead atoms. The maximum Gasteiger partial charge on any atom is 0.416 e. The van der Waals surface area contributed by atoms with Crippen LogP contribution < -0.4 is 10.2 Å². The summed E-state index contributed by atoms with van der Waals surface area (Å²) in [7, 11) is 0. The van der Waals surface area contributed by atoms with Crippen molar-refractivity contribution >= 4 is 28.0 Å². The van der Waals surface area contributed by atoms with Crippen LogP contribution in [0.2, 0.25) is 0 Å². The molecule has 3 aromatic rings. The van der Waals surface area contributed by atoms with E-state index in [1.54, 1.807) is 12.3 Å². The van der Waals surface area contributed by atoms with Crippen molar-refractivity contribution in [2.24, 2.45) is 0 Å². The Kier molecular flexibility index (Phi) is 5.64. The van der Waals surface area contributed by atoms with Gasteiger partial charge in [0.2, 0.25) is 0 Å². The number of fused-ring (bicyclic) bond motifs is 1. The molecule has 0 spiro atoms. The first-order chi connectivity index (χ1) is 14.8. The summed E-state index contributed by atoms with van der Waals surface area (Å²) in [5.74, 6) is 0. The summed E-state index contributed by atoms with van der Waals surface area (Å²) in [5, 5.41) is 14.5. The van der Waals surface area contributed by atoms with Crippen LogP contribution in [0.25, 0.3) is 10.9 Å². The van der Waals surface area contributed by atoms with E-state index < -0.39 is 16.7 Å². The number of alkyl halides is 3. The van der Waals surface area contributed by atoms with E-state index in [4.69, 9.17) is 4.74 Å². The summed E-state index contributed by atoms with van der Waals surface area (Å²) in [6, 6.07) is 9.84. The molecular formula is C21H19F3N4O3. The fourth-order valence-corrected chi connectivity index (χ4v) is 3.50. The van der Waals surface area contributed by atoms with Crippen LogP contribution in [-0.4, -0.2) is 36.2 Å². The monoisotopic (exact) mass is 432 g/mol. The van der Waals surface area contributed by atoms with Crippen LogP contribution in [0.5, 0.6) is 0 Å². The lowest BCUT2D eigenvalue weighted by Gasteiger charge is -2.29. The number of ether oxygens (including phenoxy) is 1. The molecule has 1 aliphatic rings. The Morgan fingerprint density at radius 3 is 2.65 bits per heavy atom. The number of hydrogen-bond donors (Lipinski definition) is 1. The average molecular weight is 432 g/mol. The minimum atomic E-state index is -4.53. The highest BCUT2D eigenvalue weighted by Crippen LogP contribution is 2.36. The van der Waals surface area contributed by atoms with Gasteiger partial charge in [0.25, 0.3) is 5.69 Å². The fraction of sp³-hybridized carbons (Fsp3) is 0.286. The van der Waals surface area contributed by atoms with Crippen molar-refractivity contribution in [2.75, 3.05) is 36.5 Å². The van der Waals surface area contributed by atoms with Gasteiger partial charge < -0.3 is 15.0 Å². The Bertz CT molecular complexity index is 1110. The molecule has 0 radical (unpaired) electrons. The number of rotatable bonds is 5.